The number of fused-ring (bicyclic) bond motifs is 1. The molecule has 1 N–H and O–H groups in total. The quantitative estimate of drug-likeness (QED) is 0.725. The molecule has 0 aliphatic rings. The van der Waals surface area contributed by atoms with Crippen LogP contribution in [0.15, 0.2) is 40.1 Å². The molecule has 0 unspecified atom stereocenters. The van der Waals surface area contributed by atoms with Crippen molar-refractivity contribution in [2.75, 3.05) is 5.32 Å². The lowest BCUT2D eigenvalue weighted by atomic mass is 10.1. The van der Waals surface area contributed by atoms with Crippen molar-refractivity contribution < 1.29 is 18.0 Å². The summed E-state index contributed by atoms with van der Waals surface area (Å²) in [5, 5.41) is 2.48. The highest BCUT2D eigenvalue weighted by Gasteiger charge is 2.31. The van der Waals surface area contributed by atoms with E-state index in [4.69, 9.17) is 0 Å². The van der Waals surface area contributed by atoms with Gasteiger partial charge in [0, 0.05) is 25.9 Å². The minimum absolute atomic E-state index is 0.00933. The van der Waals surface area contributed by atoms with Crippen LogP contribution in [0.4, 0.5) is 18.9 Å². The van der Waals surface area contributed by atoms with E-state index in [1.54, 1.807) is 6.92 Å². The molecule has 146 valence electrons. The van der Waals surface area contributed by atoms with E-state index in [2.05, 4.69) is 10.3 Å². The fourth-order valence-electron chi connectivity index (χ4n) is 2.81. The molecule has 0 spiro atoms. The monoisotopic (exact) mass is 392 g/mol. The molecule has 3 rings (SSSR count). The van der Waals surface area contributed by atoms with Crippen molar-refractivity contribution in [1.29, 1.82) is 0 Å². The maximum atomic E-state index is 12.9. The number of halogens is 3. The second kappa shape index (κ2) is 6.63. The van der Waals surface area contributed by atoms with Gasteiger partial charge in [-0.2, -0.15) is 13.2 Å². The summed E-state index contributed by atoms with van der Waals surface area (Å²) < 4.78 is 40.7. The zero-order valence-electron chi connectivity index (χ0n) is 15.1. The van der Waals surface area contributed by atoms with Gasteiger partial charge in [0.2, 0.25) is 0 Å². The van der Waals surface area contributed by atoms with E-state index in [-0.39, 0.29) is 22.3 Å². The summed E-state index contributed by atoms with van der Waals surface area (Å²) in [5.74, 6) is -0.822. The molecular formula is C18H15F3N4O3. The second-order valence-electron chi connectivity index (χ2n) is 6.25. The molecule has 0 bridgehead atoms. The topological polar surface area (TPSA) is 86.0 Å². The van der Waals surface area contributed by atoms with Gasteiger partial charge in [0.05, 0.1) is 11.3 Å². The molecule has 0 saturated heterocycles. The Labute approximate surface area is 156 Å². The number of carbonyl (C=O) groups excluding carboxylic acids is 1. The second-order valence-corrected chi connectivity index (χ2v) is 6.25. The maximum absolute atomic E-state index is 12.9. The Kier molecular flexibility index (Phi) is 4.58. The normalized spacial score (nSPS) is 11.6. The van der Waals surface area contributed by atoms with Crippen LogP contribution in [-0.4, -0.2) is 20.0 Å². The van der Waals surface area contributed by atoms with Crippen molar-refractivity contribution in [3.63, 3.8) is 0 Å². The van der Waals surface area contributed by atoms with Crippen molar-refractivity contribution in [3.8, 4) is 0 Å². The average Bonchev–Trinajstić information content (AvgIpc) is 2.65. The number of rotatable bonds is 2. The molecule has 0 radical (unpaired) electrons. The Morgan fingerprint density at radius 1 is 1.14 bits per heavy atom. The van der Waals surface area contributed by atoms with E-state index in [0.29, 0.717) is 5.56 Å². The number of alkyl halides is 3. The number of anilines is 1. The first kappa shape index (κ1) is 19.3. The van der Waals surface area contributed by atoms with Gasteiger partial charge in [-0.3, -0.25) is 18.7 Å². The highest BCUT2D eigenvalue weighted by molar-refractivity contribution is 6.08. The number of amides is 1. The Bertz CT molecular complexity index is 1230. The molecule has 2 heterocycles. The molecule has 28 heavy (non-hydrogen) atoms. The van der Waals surface area contributed by atoms with Gasteiger partial charge >= 0.3 is 11.9 Å². The molecule has 7 nitrogen and oxygen atoms in total. The Balaban J connectivity index is 2.16. The minimum Gasteiger partial charge on any atom is -0.321 e. The summed E-state index contributed by atoms with van der Waals surface area (Å²) in [6, 6.07) is 3.94. The first-order chi connectivity index (χ1) is 13.0. The smallest absolute Gasteiger partial charge is 0.321 e. The van der Waals surface area contributed by atoms with Crippen LogP contribution in [0.5, 0.6) is 0 Å². The van der Waals surface area contributed by atoms with E-state index in [9.17, 15) is 27.6 Å². The SMILES string of the molecule is Cc1cnc2c(c1NC(=O)c1cccc(C(F)(F)F)c1)c(=O)n(C)c(=O)n2C. The third kappa shape index (κ3) is 3.17. The third-order valence-electron chi connectivity index (χ3n) is 4.35. The Morgan fingerprint density at radius 3 is 2.46 bits per heavy atom. The molecule has 2 aromatic heterocycles. The van der Waals surface area contributed by atoms with Crippen molar-refractivity contribution in [1.82, 2.24) is 14.1 Å². The maximum Gasteiger partial charge on any atom is 0.416 e. The van der Waals surface area contributed by atoms with Gasteiger partial charge in [-0.1, -0.05) is 6.07 Å². The van der Waals surface area contributed by atoms with Crippen LogP contribution >= 0.6 is 0 Å². The van der Waals surface area contributed by atoms with Crippen molar-refractivity contribution >= 4 is 22.6 Å². The van der Waals surface area contributed by atoms with E-state index < -0.39 is 28.9 Å². The lowest BCUT2D eigenvalue weighted by molar-refractivity contribution is -0.137. The van der Waals surface area contributed by atoms with Crippen molar-refractivity contribution in [3.05, 3.63) is 68.0 Å². The predicted octanol–water partition coefficient (Wildman–Crippen LogP) is 2.21. The van der Waals surface area contributed by atoms with E-state index >= 15 is 0 Å². The largest absolute Gasteiger partial charge is 0.416 e. The van der Waals surface area contributed by atoms with Crippen LogP contribution in [0.3, 0.4) is 0 Å². The van der Waals surface area contributed by atoms with Gasteiger partial charge in [0.1, 0.15) is 5.39 Å². The number of benzene rings is 1. The summed E-state index contributed by atoms with van der Waals surface area (Å²) >= 11 is 0. The molecular weight excluding hydrogens is 377 g/mol. The summed E-state index contributed by atoms with van der Waals surface area (Å²) in [6.45, 7) is 1.58. The fourth-order valence-corrected chi connectivity index (χ4v) is 2.81. The summed E-state index contributed by atoms with van der Waals surface area (Å²) in [5.41, 5.74) is -1.89. The van der Waals surface area contributed by atoms with Gasteiger partial charge < -0.3 is 5.32 Å². The highest BCUT2D eigenvalue weighted by atomic mass is 19.4. The molecule has 1 amide bonds. The van der Waals surface area contributed by atoms with Crippen LogP contribution in [0.1, 0.15) is 21.5 Å². The predicted molar refractivity (Wildman–Crippen MR) is 96.4 cm³/mol. The molecule has 0 saturated carbocycles. The molecule has 0 atom stereocenters. The number of aromatic nitrogens is 3. The fraction of sp³-hybridized carbons (Fsp3) is 0.222. The summed E-state index contributed by atoms with van der Waals surface area (Å²) in [4.78, 5) is 41.3. The Hall–Kier alpha value is -3.43. The highest BCUT2D eigenvalue weighted by Crippen LogP contribution is 2.30. The number of nitrogens with zero attached hydrogens (tertiary/aromatic N) is 3. The summed E-state index contributed by atoms with van der Waals surface area (Å²) in [6.07, 6.45) is -3.23. The number of carbonyl (C=O) groups is 1. The molecule has 0 aliphatic heterocycles. The first-order valence-electron chi connectivity index (χ1n) is 8.06. The van der Waals surface area contributed by atoms with Gasteiger partial charge in [-0.25, -0.2) is 9.78 Å². The van der Waals surface area contributed by atoms with Gasteiger partial charge in [0.25, 0.3) is 11.5 Å². The Morgan fingerprint density at radius 2 is 1.82 bits per heavy atom. The first-order valence-corrected chi connectivity index (χ1v) is 8.06. The third-order valence-corrected chi connectivity index (χ3v) is 4.35. The minimum atomic E-state index is -4.59. The lowest BCUT2D eigenvalue weighted by Gasteiger charge is -2.14. The van der Waals surface area contributed by atoms with Gasteiger partial charge in [0.15, 0.2) is 5.65 Å². The van der Waals surface area contributed by atoms with E-state index in [1.807, 2.05) is 0 Å². The van der Waals surface area contributed by atoms with Crippen LogP contribution < -0.4 is 16.6 Å². The zero-order valence-corrected chi connectivity index (χ0v) is 15.1. The van der Waals surface area contributed by atoms with Crippen LogP contribution in [0.25, 0.3) is 11.0 Å². The number of hydrogen-bond donors (Lipinski definition) is 1. The standard InChI is InChI=1S/C18H15F3N4O3/c1-9-8-22-14-12(16(27)25(3)17(28)24(14)2)13(9)23-15(26)10-5-4-6-11(7-10)18(19,20)21/h4-8H,1-3H3,(H,22,23,26). The lowest BCUT2D eigenvalue weighted by Crippen LogP contribution is -2.37. The van der Waals surface area contributed by atoms with Crippen molar-refractivity contribution in [2.45, 2.75) is 13.1 Å². The summed E-state index contributed by atoms with van der Waals surface area (Å²) in [7, 11) is 2.70. The van der Waals surface area contributed by atoms with Crippen LogP contribution in [0.2, 0.25) is 0 Å². The molecule has 0 aliphatic carbocycles. The molecule has 3 aromatic rings. The average molecular weight is 392 g/mol. The van der Waals surface area contributed by atoms with Gasteiger partial charge in [-0.05, 0) is 30.7 Å². The van der Waals surface area contributed by atoms with Crippen LogP contribution in [0, 0.1) is 6.92 Å². The van der Waals surface area contributed by atoms with E-state index in [0.717, 1.165) is 27.3 Å². The zero-order chi connectivity index (χ0) is 20.8. The molecule has 0 fully saturated rings. The number of pyridine rings is 1. The van der Waals surface area contributed by atoms with E-state index in [1.165, 1.54) is 26.4 Å². The number of hydrogen-bond acceptors (Lipinski definition) is 4. The molecule has 10 heteroatoms. The van der Waals surface area contributed by atoms with Crippen molar-refractivity contribution in [2.24, 2.45) is 14.1 Å². The molecule has 1 aromatic carbocycles. The number of nitrogens with one attached hydrogen (secondary N) is 1. The van der Waals surface area contributed by atoms with Crippen LogP contribution in [-0.2, 0) is 20.3 Å². The number of aryl methyl sites for hydroxylation is 2. The van der Waals surface area contributed by atoms with Gasteiger partial charge in [-0.15, -0.1) is 0 Å².